The quantitative estimate of drug-likeness (QED) is 0.799. The van der Waals surface area contributed by atoms with Gasteiger partial charge in [0.15, 0.2) is 5.76 Å². The summed E-state index contributed by atoms with van der Waals surface area (Å²) in [5.41, 5.74) is 0.772. The number of hydrogen-bond donors (Lipinski definition) is 1. The summed E-state index contributed by atoms with van der Waals surface area (Å²) in [6.07, 6.45) is -4.25. The highest BCUT2D eigenvalue weighted by Gasteiger charge is 2.31. The molecule has 3 amide bonds. The van der Waals surface area contributed by atoms with Crippen LogP contribution in [0.15, 0.2) is 40.8 Å². The van der Waals surface area contributed by atoms with Gasteiger partial charge in [0.05, 0.1) is 0 Å². The van der Waals surface area contributed by atoms with Gasteiger partial charge in [-0.05, 0) is 43.2 Å². The number of benzene rings is 1. The zero-order chi connectivity index (χ0) is 21.7. The Morgan fingerprint density at radius 2 is 1.67 bits per heavy atom. The number of nitrogens with one attached hydrogen (secondary N) is 1. The molecule has 0 atom stereocenters. The maximum atomic E-state index is 12.4. The standard InChI is InChI=1S/C20H22F3N3O4/c1-14-2-7-17(29-14)18(27)25-10-12-26(13-11-25)19(28)24-9-8-15-3-5-16(6-4-15)30-20(21,22)23/h2-7H,8-13H2,1H3,(H,24,28). The minimum Gasteiger partial charge on any atom is -0.456 e. The summed E-state index contributed by atoms with van der Waals surface area (Å²) >= 11 is 0. The maximum absolute atomic E-state index is 12.4. The highest BCUT2D eigenvalue weighted by molar-refractivity contribution is 5.91. The van der Waals surface area contributed by atoms with Gasteiger partial charge in [0, 0.05) is 32.7 Å². The van der Waals surface area contributed by atoms with Crippen molar-refractivity contribution in [1.82, 2.24) is 15.1 Å². The van der Waals surface area contributed by atoms with E-state index in [1.165, 1.54) is 24.3 Å². The van der Waals surface area contributed by atoms with E-state index >= 15 is 0 Å². The fourth-order valence-electron chi connectivity index (χ4n) is 3.10. The molecule has 0 bridgehead atoms. The predicted octanol–water partition coefficient (Wildman–Crippen LogP) is 3.20. The minimum atomic E-state index is -4.72. The van der Waals surface area contributed by atoms with Gasteiger partial charge in [-0.25, -0.2) is 4.79 Å². The van der Waals surface area contributed by atoms with Gasteiger partial charge in [0.25, 0.3) is 5.91 Å². The van der Waals surface area contributed by atoms with E-state index in [1.807, 2.05) is 0 Å². The fourth-order valence-corrected chi connectivity index (χ4v) is 3.10. The van der Waals surface area contributed by atoms with Crippen molar-refractivity contribution in [3.8, 4) is 5.75 Å². The average Bonchev–Trinajstić information content (AvgIpc) is 3.14. The van der Waals surface area contributed by atoms with Crippen LogP contribution in [0.2, 0.25) is 0 Å². The molecule has 0 saturated carbocycles. The average molecular weight is 425 g/mol. The summed E-state index contributed by atoms with van der Waals surface area (Å²) in [6, 6.07) is 8.64. The van der Waals surface area contributed by atoms with E-state index in [4.69, 9.17) is 4.42 Å². The van der Waals surface area contributed by atoms with Crippen molar-refractivity contribution in [2.45, 2.75) is 19.7 Å². The Hall–Kier alpha value is -3.17. The van der Waals surface area contributed by atoms with Crippen molar-refractivity contribution >= 4 is 11.9 Å². The molecule has 1 N–H and O–H groups in total. The summed E-state index contributed by atoms with van der Waals surface area (Å²) in [4.78, 5) is 27.9. The number of alkyl halides is 3. The van der Waals surface area contributed by atoms with E-state index < -0.39 is 6.36 Å². The molecule has 2 aromatic rings. The van der Waals surface area contributed by atoms with Crippen LogP contribution in [0.25, 0.3) is 0 Å². The number of hydrogen-bond acceptors (Lipinski definition) is 4. The van der Waals surface area contributed by atoms with Crippen LogP contribution < -0.4 is 10.1 Å². The van der Waals surface area contributed by atoms with Crippen LogP contribution in [0, 0.1) is 6.92 Å². The van der Waals surface area contributed by atoms with Gasteiger partial charge < -0.3 is 24.3 Å². The van der Waals surface area contributed by atoms with Crippen LogP contribution in [-0.2, 0) is 6.42 Å². The lowest BCUT2D eigenvalue weighted by molar-refractivity contribution is -0.274. The molecule has 7 nitrogen and oxygen atoms in total. The molecule has 1 aromatic carbocycles. The summed E-state index contributed by atoms with van der Waals surface area (Å²) < 4.78 is 45.7. The molecule has 1 aliphatic heterocycles. The molecular formula is C20H22F3N3O4. The lowest BCUT2D eigenvalue weighted by Crippen LogP contribution is -2.53. The Morgan fingerprint density at radius 3 is 2.23 bits per heavy atom. The first-order valence-corrected chi connectivity index (χ1v) is 9.44. The number of ether oxygens (including phenoxy) is 1. The van der Waals surface area contributed by atoms with Crippen molar-refractivity contribution in [3.63, 3.8) is 0 Å². The van der Waals surface area contributed by atoms with Gasteiger partial charge >= 0.3 is 12.4 Å². The van der Waals surface area contributed by atoms with Crippen molar-refractivity contribution in [2.75, 3.05) is 32.7 Å². The highest BCUT2D eigenvalue weighted by Crippen LogP contribution is 2.22. The van der Waals surface area contributed by atoms with Crippen LogP contribution in [0.1, 0.15) is 21.9 Å². The first-order valence-electron chi connectivity index (χ1n) is 9.44. The Kier molecular flexibility index (Phi) is 6.53. The summed E-state index contributed by atoms with van der Waals surface area (Å²) in [5.74, 6) is 0.476. The van der Waals surface area contributed by atoms with E-state index in [-0.39, 0.29) is 23.4 Å². The maximum Gasteiger partial charge on any atom is 0.573 e. The van der Waals surface area contributed by atoms with Crippen LogP contribution in [0.3, 0.4) is 0 Å². The van der Waals surface area contributed by atoms with Gasteiger partial charge in [-0.1, -0.05) is 12.1 Å². The third-order valence-corrected chi connectivity index (χ3v) is 4.65. The number of amides is 3. The number of rotatable bonds is 5. The largest absolute Gasteiger partial charge is 0.573 e. The highest BCUT2D eigenvalue weighted by atomic mass is 19.4. The SMILES string of the molecule is Cc1ccc(C(=O)N2CCN(C(=O)NCCc3ccc(OC(F)(F)F)cc3)CC2)o1. The van der Waals surface area contributed by atoms with Crippen LogP contribution >= 0.6 is 0 Å². The monoisotopic (exact) mass is 425 g/mol. The summed E-state index contributed by atoms with van der Waals surface area (Å²) in [5, 5.41) is 2.79. The second kappa shape index (κ2) is 9.10. The smallest absolute Gasteiger partial charge is 0.456 e. The topological polar surface area (TPSA) is 75.0 Å². The molecule has 1 saturated heterocycles. The zero-order valence-electron chi connectivity index (χ0n) is 16.4. The zero-order valence-corrected chi connectivity index (χ0v) is 16.4. The van der Waals surface area contributed by atoms with Gasteiger partial charge in [-0.3, -0.25) is 4.79 Å². The van der Waals surface area contributed by atoms with E-state index in [0.29, 0.717) is 44.9 Å². The van der Waals surface area contributed by atoms with Crippen molar-refractivity contribution in [2.24, 2.45) is 0 Å². The number of urea groups is 1. The minimum absolute atomic E-state index is 0.193. The van der Waals surface area contributed by atoms with Crippen molar-refractivity contribution in [1.29, 1.82) is 0 Å². The number of nitrogens with zero attached hydrogens (tertiary/aromatic N) is 2. The fraction of sp³-hybridized carbons (Fsp3) is 0.400. The molecular weight excluding hydrogens is 403 g/mol. The number of halogens is 3. The third kappa shape index (κ3) is 5.91. The molecule has 1 aromatic heterocycles. The molecule has 2 heterocycles. The summed E-state index contributed by atoms with van der Waals surface area (Å²) in [6.45, 7) is 3.73. The molecule has 30 heavy (non-hydrogen) atoms. The molecule has 0 spiro atoms. The van der Waals surface area contributed by atoms with Crippen molar-refractivity contribution in [3.05, 3.63) is 53.5 Å². The molecule has 10 heteroatoms. The van der Waals surface area contributed by atoms with Crippen LogP contribution in [0.4, 0.5) is 18.0 Å². The summed E-state index contributed by atoms with van der Waals surface area (Å²) in [7, 11) is 0. The molecule has 3 rings (SSSR count). The van der Waals surface area contributed by atoms with E-state index in [2.05, 4.69) is 10.1 Å². The number of piperazine rings is 1. The van der Waals surface area contributed by atoms with Gasteiger partial charge in [0.2, 0.25) is 0 Å². The molecule has 1 fully saturated rings. The van der Waals surface area contributed by atoms with Gasteiger partial charge in [0.1, 0.15) is 11.5 Å². The molecule has 162 valence electrons. The Labute approximate surface area is 171 Å². The molecule has 0 aliphatic carbocycles. The third-order valence-electron chi connectivity index (χ3n) is 4.65. The Balaban J connectivity index is 1.39. The van der Waals surface area contributed by atoms with Gasteiger partial charge in [-0.15, -0.1) is 13.2 Å². The molecule has 0 radical (unpaired) electrons. The van der Waals surface area contributed by atoms with Crippen LogP contribution in [-0.4, -0.2) is 60.8 Å². The lowest BCUT2D eigenvalue weighted by atomic mass is 10.1. The normalized spacial score (nSPS) is 14.5. The molecule has 0 unspecified atom stereocenters. The first-order chi connectivity index (χ1) is 14.2. The number of furan rings is 1. The Bertz CT molecular complexity index is 872. The van der Waals surface area contributed by atoms with E-state index in [9.17, 15) is 22.8 Å². The predicted molar refractivity (Wildman–Crippen MR) is 101 cm³/mol. The second-order valence-electron chi connectivity index (χ2n) is 6.86. The van der Waals surface area contributed by atoms with E-state index in [0.717, 1.165) is 5.56 Å². The first kappa shape index (κ1) is 21.5. The number of carbonyl (C=O) groups is 2. The molecule has 1 aliphatic rings. The van der Waals surface area contributed by atoms with E-state index in [1.54, 1.807) is 28.9 Å². The lowest BCUT2D eigenvalue weighted by Gasteiger charge is -2.34. The Morgan fingerprint density at radius 1 is 1.03 bits per heavy atom. The second-order valence-corrected chi connectivity index (χ2v) is 6.86. The number of carbonyl (C=O) groups excluding carboxylic acids is 2. The van der Waals surface area contributed by atoms with Crippen molar-refractivity contribution < 1.29 is 31.9 Å². The van der Waals surface area contributed by atoms with Gasteiger partial charge in [-0.2, -0.15) is 0 Å². The van der Waals surface area contributed by atoms with Crippen LogP contribution in [0.5, 0.6) is 5.75 Å². The number of aryl methyl sites for hydroxylation is 1.